The Kier molecular flexibility index (Phi) is 6.03. The van der Waals surface area contributed by atoms with Crippen molar-refractivity contribution in [1.29, 1.82) is 0 Å². The van der Waals surface area contributed by atoms with Gasteiger partial charge in [0.05, 0.1) is 6.42 Å². The molecular weight excluding hydrogens is 180 g/mol. The first kappa shape index (κ1) is 12.4. The molecule has 3 nitrogen and oxygen atoms in total. The van der Waals surface area contributed by atoms with Crippen LogP contribution in [0.5, 0.6) is 5.75 Å². The van der Waals surface area contributed by atoms with Crippen molar-refractivity contribution in [3.05, 3.63) is 30.3 Å². The van der Waals surface area contributed by atoms with Crippen molar-refractivity contribution in [2.75, 3.05) is 0 Å². The van der Waals surface area contributed by atoms with Crippen LogP contribution in [0.3, 0.4) is 0 Å². The number of para-hydroxylation sites is 1. The van der Waals surface area contributed by atoms with Crippen LogP contribution >= 0.6 is 0 Å². The van der Waals surface area contributed by atoms with Crippen LogP contribution in [0.15, 0.2) is 30.3 Å². The maximum Gasteiger partial charge on any atom is 0.137 e. The molecule has 3 heteroatoms. The molecule has 0 radical (unpaired) electrons. The summed E-state index contributed by atoms with van der Waals surface area (Å²) in [7, 11) is 0. The third kappa shape index (κ3) is 8.46. The summed E-state index contributed by atoms with van der Waals surface area (Å²) in [4.78, 5) is 20.1. The fourth-order valence-corrected chi connectivity index (χ4v) is 0.779. The van der Waals surface area contributed by atoms with Crippen LogP contribution in [0.25, 0.3) is 0 Å². The molecule has 0 bridgehead atoms. The summed E-state index contributed by atoms with van der Waals surface area (Å²) < 4.78 is 0. The Bertz CT molecular complexity index is 279. The predicted molar refractivity (Wildman–Crippen MR) is 54.1 cm³/mol. The summed E-state index contributed by atoms with van der Waals surface area (Å²) in [6, 6.07) is 8.71. The maximum atomic E-state index is 10.0. The molecule has 14 heavy (non-hydrogen) atoms. The number of carbonyl (C=O) groups excluding carboxylic acids is 2. The molecule has 0 saturated carbocycles. The van der Waals surface area contributed by atoms with Gasteiger partial charge in [-0.1, -0.05) is 18.2 Å². The number of hydrogen-bond acceptors (Lipinski definition) is 3. The zero-order valence-corrected chi connectivity index (χ0v) is 8.36. The van der Waals surface area contributed by atoms with Gasteiger partial charge in [-0.3, -0.25) is 9.59 Å². The summed E-state index contributed by atoms with van der Waals surface area (Å²) >= 11 is 0. The highest BCUT2D eigenvalue weighted by atomic mass is 16.3. The van der Waals surface area contributed by atoms with Gasteiger partial charge >= 0.3 is 0 Å². The van der Waals surface area contributed by atoms with Crippen molar-refractivity contribution < 1.29 is 14.7 Å². The SMILES string of the molecule is CC(=O)CC(C)=O.Oc1ccccc1. The standard InChI is InChI=1S/C6H6O.C5H8O2/c7-6-4-2-1-3-5-6;1-4(6)3-5(2)7/h1-5,7H;3H2,1-2H3. The first-order valence-corrected chi connectivity index (χ1v) is 4.25. The van der Waals surface area contributed by atoms with Gasteiger partial charge in [0.15, 0.2) is 0 Å². The highest BCUT2D eigenvalue weighted by Gasteiger charge is 1.94. The topological polar surface area (TPSA) is 54.4 Å². The molecule has 1 rings (SSSR count). The minimum absolute atomic E-state index is 0.0625. The van der Waals surface area contributed by atoms with Gasteiger partial charge in [-0.15, -0.1) is 0 Å². The van der Waals surface area contributed by atoms with Crippen LogP contribution < -0.4 is 0 Å². The van der Waals surface area contributed by atoms with E-state index in [4.69, 9.17) is 5.11 Å². The van der Waals surface area contributed by atoms with Crippen LogP contribution in [0.4, 0.5) is 0 Å². The highest BCUT2D eigenvalue weighted by molar-refractivity contribution is 5.96. The van der Waals surface area contributed by atoms with E-state index in [1.165, 1.54) is 13.8 Å². The third-order valence-corrected chi connectivity index (χ3v) is 1.25. The molecule has 0 saturated heterocycles. The molecule has 0 spiro atoms. The fraction of sp³-hybridized carbons (Fsp3) is 0.273. The molecule has 0 aliphatic heterocycles. The second kappa shape index (κ2) is 6.83. The van der Waals surface area contributed by atoms with E-state index < -0.39 is 0 Å². The van der Waals surface area contributed by atoms with E-state index in [-0.39, 0.29) is 18.0 Å². The molecule has 0 unspecified atom stereocenters. The Morgan fingerprint density at radius 2 is 1.50 bits per heavy atom. The first-order chi connectivity index (χ1) is 6.52. The van der Waals surface area contributed by atoms with Gasteiger partial charge in [-0.2, -0.15) is 0 Å². The zero-order valence-electron chi connectivity index (χ0n) is 8.36. The Labute approximate surface area is 83.4 Å². The number of phenolic OH excluding ortho intramolecular Hbond substituents is 1. The number of Topliss-reactive ketones (excluding diaryl/α,β-unsaturated/α-hetero) is 2. The molecule has 0 aliphatic rings. The number of benzene rings is 1. The van der Waals surface area contributed by atoms with E-state index in [1.54, 1.807) is 24.3 Å². The normalized spacial score (nSPS) is 8.43. The lowest BCUT2D eigenvalue weighted by atomic mass is 10.2. The summed E-state index contributed by atoms with van der Waals surface area (Å²) in [6.07, 6.45) is 0.0833. The van der Waals surface area contributed by atoms with E-state index >= 15 is 0 Å². The summed E-state index contributed by atoms with van der Waals surface area (Å²) in [5.74, 6) is 0.197. The Morgan fingerprint density at radius 3 is 1.64 bits per heavy atom. The third-order valence-electron chi connectivity index (χ3n) is 1.25. The van der Waals surface area contributed by atoms with Crippen molar-refractivity contribution in [2.24, 2.45) is 0 Å². The average molecular weight is 194 g/mol. The van der Waals surface area contributed by atoms with Crippen LogP contribution in [0.1, 0.15) is 20.3 Å². The molecule has 0 heterocycles. The molecule has 1 N–H and O–H groups in total. The van der Waals surface area contributed by atoms with Crippen LogP contribution in [-0.2, 0) is 9.59 Å². The zero-order chi connectivity index (χ0) is 11.0. The fourth-order valence-electron chi connectivity index (χ4n) is 0.779. The summed E-state index contributed by atoms with van der Waals surface area (Å²) in [5, 5.41) is 8.63. The number of hydrogen-bond donors (Lipinski definition) is 1. The minimum atomic E-state index is -0.0625. The summed E-state index contributed by atoms with van der Waals surface area (Å²) in [5.41, 5.74) is 0. The van der Waals surface area contributed by atoms with Gasteiger partial charge in [0.25, 0.3) is 0 Å². The number of rotatable bonds is 2. The average Bonchev–Trinajstić information content (AvgIpc) is 2.03. The number of carbonyl (C=O) groups is 2. The number of ketones is 2. The molecule has 0 fully saturated rings. The lowest BCUT2D eigenvalue weighted by Gasteiger charge is -1.82. The molecular formula is C11H14O3. The van der Waals surface area contributed by atoms with E-state index in [1.807, 2.05) is 6.07 Å². The van der Waals surface area contributed by atoms with E-state index in [0.29, 0.717) is 5.75 Å². The lowest BCUT2D eigenvalue weighted by molar-refractivity contribution is -0.124. The van der Waals surface area contributed by atoms with Crippen LogP contribution in [-0.4, -0.2) is 16.7 Å². The van der Waals surface area contributed by atoms with Crippen LogP contribution in [0, 0.1) is 0 Å². The van der Waals surface area contributed by atoms with Crippen molar-refractivity contribution in [1.82, 2.24) is 0 Å². The van der Waals surface area contributed by atoms with Gasteiger partial charge in [0.1, 0.15) is 17.3 Å². The van der Waals surface area contributed by atoms with Crippen molar-refractivity contribution >= 4 is 11.6 Å². The molecule has 1 aromatic rings. The summed E-state index contributed by atoms with van der Waals surface area (Å²) in [6.45, 7) is 2.81. The second-order valence-electron chi connectivity index (χ2n) is 2.92. The molecule has 76 valence electrons. The first-order valence-electron chi connectivity index (χ1n) is 4.25. The molecule has 0 aromatic heterocycles. The smallest absolute Gasteiger partial charge is 0.137 e. The quantitative estimate of drug-likeness (QED) is 0.732. The monoisotopic (exact) mass is 194 g/mol. The minimum Gasteiger partial charge on any atom is -0.508 e. The lowest BCUT2D eigenvalue weighted by Crippen LogP contribution is -1.97. The van der Waals surface area contributed by atoms with Crippen LogP contribution in [0.2, 0.25) is 0 Å². The Hall–Kier alpha value is -1.64. The van der Waals surface area contributed by atoms with E-state index in [0.717, 1.165) is 0 Å². The van der Waals surface area contributed by atoms with Gasteiger partial charge in [-0.25, -0.2) is 0 Å². The van der Waals surface area contributed by atoms with Crippen molar-refractivity contribution in [3.63, 3.8) is 0 Å². The van der Waals surface area contributed by atoms with Crippen molar-refractivity contribution in [3.8, 4) is 5.75 Å². The van der Waals surface area contributed by atoms with Gasteiger partial charge in [-0.05, 0) is 26.0 Å². The van der Waals surface area contributed by atoms with Gasteiger partial charge in [0.2, 0.25) is 0 Å². The molecule has 0 aliphatic carbocycles. The molecule has 0 amide bonds. The number of aromatic hydroxyl groups is 1. The van der Waals surface area contributed by atoms with E-state index in [9.17, 15) is 9.59 Å². The second-order valence-corrected chi connectivity index (χ2v) is 2.92. The number of phenols is 1. The Morgan fingerprint density at radius 1 is 1.07 bits per heavy atom. The Balaban J connectivity index is 0.000000241. The highest BCUT2D eigenvalue weighted by Crippen LogP contribution is 2.02. The van der Waals surface area contributed by atoms with Crippen molar-refractivity contribution in [2.45, 2.75) is 20.3 Å². The largest absolute Gasteiger partial charge is 0.508 e. The molecule has 1 aromatic carbocycles. The van der Waals surface area contributed by atoms with Gasteiger partial charge < -0.3 is 5.11 Å². The predicted octanol–water partition coefficient (Wildman–Crippen LogP) is 1.95. The maximum absolute atomic E-state index is 10.0. The van der Waals surface area contributed by atoms with E-state index in [2.05, 4.69) is 0 Å². The molecule has 0 atom stereocenters. The van der Waals surface area contributed by atoms with Gasteiger partial charge in [0, 0.05) is 0 Å².